The van der Waals surface area contributed by atoms with Gasteiger partial charge in [-0.25, -0.2) is 0 Å². The molecule has 0 unspecified atom stereocenters. The number of likely N-dealkylation sites (tertiary alicyclic amines) is 1. The number of carbonyl (C=O) groups is 16. The van der Waals surface area contributed by atoms with Crippen LogP contribution < -0.4 is 87.2 Å². The molecule has 0 bridgehead atoms. The Morgan fingerprint density at radius 3 is 1.39 bits per heavy atom. The van der Waals surface area contributed by atoms with Crippen LogP contribution in [0.3, 0.4) is 0 Å². The Labute approximate surface area is 656 Å². The van der Waals surface area contributed by atoms with Gasteiger partial charge in [0.05, 0.1) is 18.6 Å². The lowest BCUT2D eigenvalue weighted by molar-refractivity contribution is -0.143. The number of hydrogen-bond donors (Lipinski definition) is 22. The molecule has 3 aromatic rings. The Bertz CT molecular complexity index is 3700. The van der Waals surface area contributed by atoms with Gasteiger partial charge in [-0.05, 0) is 137 Å². The summed E-state index contributed by atoms with van der Waals surface area (Å²) in [5.74, 6) is -17.4. The molecule has 1 aliphatic heterocycles. The van der Waals surface area contributed by atoms with Crippen molar-refractivity contribution in [3.8, 4) is 11.5 Å². The number of nitrogens with zero attached hydrogens (tertiary/aromatic N) is 1. The Balaban J connectivity index is 1.64. The number of carboxylic acid groups (broad SMARTS) is 2. The van der Waals surface area contributed by atoms with Crippen molar-refractivity contribution >= 4 is 119 Å². The van der Waals surface area contributed by atoms with Crippen molar-refractivity contribution in [2.75, 3.05) is 43.9 Å². The van der Waals surface area contributed by atoms with Gasteiger partial charge in [-0.2, -0.15) is 24.4 Å². The summed E-state index contributed by atoms with van der Waals surface area (Å²) in [6.07, 6.45) is -2.35. The minimum Gasteiger partial charge on any atom is -0.508 e. The van der Waals surface area contributed by atoms with E-state index in [4.69, 9.17) is 33.8 Å². The molecule has 1 aliphatic rings. The van der Waals surface area contributed by atoms with Crippen LogP contribution in [0.25, 0.3) is 0 Å². The Morgan fingerprint density at radius 2 is 0.920 bits per heavy atom. The molecule has 0 saturated carbocycles. The van der Waals surface area contributed by atoms with Gasteiger partial charge < -0.3 is 118 Å². The van der Waals surface area contributed by atoms with Crippen molar-refractivity contribution in [3.05, 3.63) is 95.6 Å². The molecule has 0 aliphatic carbocycles. The minimum atomic E-state index is -2.01. The van der Waals surface area contributed by atoms with Crippen LogP contribution in [-0.2, 0) is 96.0 Å². The average molecular weight is 1610 g/mol. The van der Waals surface area contributed by atoms with E-state index < -0.39 is 218 Å². The first-order valence-electron chi connectivity index (χ1n) is 36.3. The van der Waals surface area contributed by atoms with E-state index in [2.05, 4.69) is 71.1 Å². The van der Waals surface area contributed by atoms with Gasteiger partial charge in [0.15, 0.2) is 0 Å². The van der Waals surface area contributed by atoms with Crippen molar-refractivity contribution in [1.82, 2.24) is 63.4 Å². The molecule has 616 valence electrons. The number of thioether (sulfide) groups is 1. The van der Waals surface area contributed by atoms with Crippen molar-refractivity contribution in [3.63, 3.8) is 0 Å². The second kappa shape index (κ2) is 48.9. The van der Waals surface area contributed by atoms with E-state index in [0.29, 0.717) is 36.3 Å². The molecule has 13 atom stereocenters. The van der Waals surface area contributed by atoms with E-state index in [1.165, 1.54) is 60.3 Å². The van der Waals surface area contributed by atoms with Gasteiger partial charge in [-0.3, -0.25) is 76.7 Å². The maximum Gasteiger partial charge on any atom is 0.322 e. The number of benzene rings is 3. The number of amides is 14. The van der Waals surface area contributed by atoms with Gasteiger partial charge in [-0.1, -0.05) is 61.0 Å². The molecule has 1 fully saturated rings. The molecular formula is C72H105N17O21S2. The molecule has 4 rings (SSSR count). The fraction of sp³-hybridized carbons (Fsp3) is 0.528. The monoisotopic (exact) mass is 1610 g/mol. The fourth-order valence-electron chi connectivity index (χ4n) is 11.7. The molecule has 0 aromatic heterocycles. The quantitative estimate of drug-likeness (QED) is 0.0186. The number of hydrogen-bond acceptors (Lipinski definition) is 24. The number of carboxylic acids is 2. The SMILES string of the molecule is CSCC[C@H](NC(=O)[C@@H]1CCCN1C(=O)[C@H](CC(N)=O)NC(=O)[C@H](CS)NC(=O)[C@H](CCCCN)NC(=O)[C@@H](NC(=O)[C@H](CCC(=O)O)NC(=O)[C@H](Cc1ccc(O)cc1)NC(=O)[C@H](Cc1ccccc1)NC(=O)[C@H](Cc1ccc(O)cc1)NC(=O)[C@H](CCC(N)=O)NC(=O)[C@@H](N)CCCCN)[C@@H](C)O)C(=O)NCC(=O)O. The first-order chi connectivity index (χ1) is 53.2. The van der Waals surface area contributed by atoms with Crippen LogP contribution in [0.5, 0.6) is 11.5 Å². The number of thiol groups is 1. The molecule has 14 amide bonds. The number of carbonyl (C=O) groups excluding carboxylic acids is 14. The minimum absolute atomic E-state index is 0.0563. The third-order valence-electron chi connectivity index (χ3n) is 17.8. The highest BCUT2D eigenvalue weighted by molar-refractivity contribution is 7.98. The number of phenols is 2. The summed E-state index contributed by atoms with van der Waals surface area (Å²) in [5, 5.41) is 77.6. The summed E-state index contributed by atoms with van der Waals surface area (Å²) < 4.78 is 0. The third kappa shape index (κ3) is 33.1. The van der Waals surface area contributed by atoms with E-state index in [9.17, 15) is 92.3 Å². The predicted molar refractivity (Wildman–Crippen MR) is 410 cm³/mol. The first-order valence-corrected chi connectivity index (χ1v) is 38.4. The zero-order valence-electron chi connectivity index (χ0n) is 62.2. The molecule has 1 saturated heterocycles. The highest BCUT2D eigenvalue weighted by Gasteiger charge is 2.42. The number of aromatic hydroxyl groups is 2. The van der Waals surface area contributed by atoms with Crippen LogP contribution in [0.1, 0.15) is 114 Å². The van der Waals surface area contributed by atoms with Gasteiger partial charge in [0, 0.05) is 44.4 Å². The highest BCUT2D eigenvalue weighted by atomic mass is 32.2. The van der Waals surface area contributed by atoms with Gasteiger partial charge >= 0.3 is 11.9 Å². The first kappa shape index (κ1) is 93.7. The van der Waals surface area contributed by atoms with Crippen molar-refractivity contribution in [2.24, 2.45) is 28.7 Å². The van der Waals surface area contributed by atoms with E-state index in [0.717, 1.165) is 11.8 Å². The molecule has 40 heteroatoms. The fourth-order valence-corrected chi connectivity index (χ4v) is 12.4. The van der Waals surface area contributed by atoms with Crippen molar-refractivity contribution < 1.29 is 102 Å². The summed E-state index contributed by atoms with van der Waals surface area (Å²) in [6.45, 7) is 0.706. The summed E-state index contributed by atoms with van der Waals surface area (Å²) in [7, 11) is 0. The Kier molecular flexibility index (Phi) is 40.9. The second-order valence-corrected chi connectivity index (χ2v) is 28.1. The number of aliphatic hydroxyl groups excluding tert-OH is 1. The number of aliphatic carboxylic acids is 2. The number of phenolic OH excluding ortho intramolecular Hbond substituents is 2. The second-order valence-electron chi connectivity index (χ2n) is 26.8. The predicted octanol–water partition coefficient (Wildman–Crippen LogP) is -5.18. The molecule has 112 heavy (non-hydrogen) atoms. The Hall–Kier alpha value is -10.7. The normalized spacial score (nSPS) is 15.6. The van der Waals surface area contributed by atoms with E-state index >= 15 is 4.79 Å². The van der Waals surface area contributed by atoms with Gasteiger partial charge in [0.25, 0.3) is 0 Å². The lowest BCUT2D eigenvalue weighted by atomic mass is 10.00. The lowest BCUT2D eigenvalue weighted by Gasteiger charge is -2.30. The number of unbranched alkanes of at least 4 members (excludes halogenated alkanes) is 2. The number of aliphatic hydroxyl groups is 1. The molecule has 0 spiro atoms. The average Bonchev–Trinajstić information content (AvgIpc) is 1.67. The van der Waals surface area contributed by atoms with Gasteiger partial charge in [-0.15, -0.1) is 0 Å². The smallest absolute Gasteiger partial charge is 0.322 e. The zero-order chi connectivity index (χ0) is 83.1. The van der Waals surface area contributed by atoms with Gasteiger partial charge in [0.1, 0.15) is 84.5 Å². The summed E-state index contributed by atoms with van der Waals surface area (Å²) in [6, 6.07) is 0.0451. The zero-order valence-corrected chi connectivity index (χ0v) is 63.9. The Morgan fingerprint density at radius 1 is 0.491 bits per heavy atom. The maximum absolute atomic E-state index is 15.0. The van der Waals surface area contributed by atoms with Crippen LogP contribution in [0.15, 0.2) is 78.9 Å². The molecule has 26 N–H and O–H groups in total. The topological polar surface area (TPSA) is 640 Å². The van der Waals surface area contributed by atoms with Crippen LogP contribution in [0, 0.1) is 0 Å². The third-order valence-corrected chi connectivity index (χ3v) is 18.8. The van der Waals surface area contributed by atoms with Crippen LogP contribution in [0.4, 0.5) is 0 Å². The van der Waals surface area contributed by atoms with E-state index in [1.54, 1.807) is 36.6 Å². The van der Waals surface area contributed by atoms with E-state index in [-0.39, 0.29) is 94.4 Å². The number of primary amides is 2. The summed E-state index contributed by atoms with van der Waals surface area (Å²) in [4.78, 5) is 220. The van der Waals surface area contributed by atoms with Crippen molar-refractivity contribution in [1.29, 1.82) is 0 Å². The molecule has 0 radical (unpaired) electrons. The van der Waals surface area contributed by atoms with Crippen LogP contribution >= 0.6 is 24.4 Å². The van der Waals surface area contributed by atoms with Crippen LogP contribution in [-0.4, -0.2) is 248 Å². The van der Waals surface area contributed by atoms with Crippen LogP contribution in [0.2, 0.25) is 0 Å². The number of nitrogens with two attached hydrogens (primary N) is 5. The number of rotatable bonds is 51. The molecule has 3 aromatic carbocycles. The van der Waals surface area contributed by atoms with Crippen molar-refractivity contribution in [2.45, 2.75) is 195 Å². The summed E-state index contributed by atoms with van der Waals surface area (Å²) in [5.41, 5.74) is 29.6. The largest absolute Gasteiger partial charge is 0.508 e. The lowest BCUT2D eigenvalue weighted by Crippen LogP contribution is -2.62. The molecular weight excluding hydrogens is 1500 g/mol. The molecule has 38 nitrogen and oxygen atoms in total. The standard InChI is InChI=1S/C72H105N17O21S2/c1-39(90)60(71(109)82-46(14-7-9-30-74)63(101)87-54(38-111)69(107)86-53(36-57(77)94)72(110)89-31-10-15-55(89)70(108)81-49(28-32-112-2)62(100)78-37-59(97)98)88-65(103)48(25-27-58(95)96)80-66(104)51(34-41-16-20-43(91)21-17-41)85-67(105)50(33-40-11-4-3-5-12-40)84-68(106)52(35-42-18-22-44(92)23-19-42)83-64(102)47(24-26-56(76)93)79-61(99)45(75)13-6-8-29-73/h3-5,11-12,16-23,39,45-55,60,90-92,111H,6-10,13-15,24-38,73-75H2,1-2H3,(H2,76,93)(H2,77,94)(H,78,100)(H,79,99)(H,80,104)(H,81,108)(H,82,109)(H,83,102)(H,84,106)(H,85,105)(H,86,107)(H,87,101)(H,88,103)(H,95,96)(H,97,98)/t39-,45+,46+,47+,48+,49+,50+,51+,52+,53+,54+,55+,60+/m1/s1. The number of nitrogens with one attached hydrogen (secondary N) is 11. The molecule has 1 heterocycles. The summed E-state index contributed by atoms with van der Waals surface area (Å²) >= 11 is 5.58. The van der Waals surface area contributed by atoms with E-state index in [1.807, 2.05) is 0 Å². The highest BCUT2D eigenvalue weighted by Crippen LogP contribution is 2.22. The maximum atomic E-state index is 15.0. The van der Waals surface area contributed by atoms with Gasteiger partial charge in [0.2, 0.25) is 82.7 Å².